The quantitative estimate of drug-likeness (QED) is 0.631. The minimum absolute atomic E-state index is 0.000000000000000444. The van der Waals surface area contributed by atoms with Crippen LogP contribution < -0.4 is 0 Å². The van der Waals surface area contributed by atoms with Crippen LogP contribution in [-0.4, -0.2) is 12.1 Å². The van der Waals surface area contributed by atoms with Crippen LogP contribution in [0.5, 0.6) is 0 Å². The van der Waals surface area contributed by atoms with Crippen LogP contribution in [-0.2, 0) is 9.53 Å². The Labute approximate surface area is 75.1 Å². The van der Waals surface area contributed by atoms with Gasteiger partial charge in [0.2, 0.25) is 0 Å². The Hall–Kier alpha value is -0.210. The maximum atomic E-state index is 10.4. The minimum atomic E-state index is -0.253. The van der Waals surface area contributed by atoms with Gasteiger partial charge >= 0.3 is 5.97 Å². The molecule has 62 valence electrons. The summed E-state index contributed by atoms with van der Waals surface area (Å²) in [4.78, 5) is 10.4. The minimum Gasteiger partial charge on any atom is -0.462 e. The zero-order valence-electron chi connectivity index (χ0n) is 6.01. The number of rotatable bonds is 2. The Morgan fingerprint density at radius 3 is 2.73 bits per heavy atom. The summed E-state index contributed by atoms with van der Waals surface area (Å²) in [5.41, 5.74) is 0. The van der Waals surface area contributed by atoms with Crippen molar-refractivity contribution in [2.45, 2.75) is 19.4 Å². The molecule has 2 nitrogen and oxygen atoms in total. The van der Waals surface area contributed by atoms with Crippen molar-refractivity contribution in [2.24, 2.45) is 5.92 Å². The van der Waals surface area contributed by atoms with Crippen molar-refractivity contribution in [3.05, 3.63) is 10.6 Å². The van der Waals surface area contributed by atoms with E-state index >= 15 is 0 Å². The molecular formula is C7H8Cl2O2. The Bertz CT molecular complexity index is 197. The van der Waals surface area contributed by atoms with E-state index in [2.05, 4.69) is 0 Å². The topological polar surface area (TPSA) is 26.3 Å². The maximum Gasteiger partial charge on any atom is 0.302 e. The highest BCUT2D eigenvalue weighted by atomic mass is 35.5. The first kappa shape index (κ1) is 8.88. The number of hydrogen-bond donors (Lipinski definition) is 0. The van der Waals surface area contributed by atoms with Gasteiger partial charge in [0.1, 0.15) is 10.6 Å². The molecule has 0 radical (unpaired) electrons. The molecule has 1 rings (SSSR count). The van der Waals surface area contributed by atoms with Gasteiger partial charge in [0.05, 0.1) is 0 Å². The molecule has 0 unspecified atom stereocenters. The van der Waals surface area contributed by atoms with Crippen LogP contribution in [0.4, 0.5) is 0 Å². The van der Waals surface area contributed by atoms with Gasteiger partial charge in [-0.3, -0.25) is 4.79 Å². The summed E-state index contributed by atoms with van der Waals surface area (Å²) in [6, 6.07) is 0. The van der Waals surface area contributed by atoms with Crippen LogP contribution in [0.15, 0.2) is 10.6 Å². The molecule has 0 heterocycles. The van der Waals surface area contributed by atoms with Crippen LogP contribution in [0, 0.1) is 5.92 Å². The fraction of sp³-hybridized carbons (Fsp3) is 0.571. The lowest BCUT2D eigenvalue weighted by atomic mass is 10.4. The van der Waals surface area contributed by atoms with E-state index in [9.17, 15) is 4.79 Å². The molecule has 11 heavy (non-hydrogen) atoms. The second-order valence-corrected chi connectivity index (χ2v) is 3.51. The highest BCUT2D eigenvalue weighted by Gasteiger charge is 2.38. The molecule has 1 aliphatic carbocycles. The summed E-state index contributed by atoms with van der Waals surface area (Å²) in [5, 5.41) is 0. The van der Waals surface area contributed by atoms with Gasteiger partial charge in [-0.2, -0.15) is 0 Å². The van der Waals surface area contributed by atoms with Gasteiger partial charge in [0.25, 0.3) is 0 Å². The van der Waals surface area contributed by atoms with Gasteiger partial charge in [0, 0.05) is 12.8 Å². The van der Waals surface area contributed by atoms with Gasteiger partial charge in [-0.1, -0.05) is 23.2 Å². The smallest absolute Gasteiger partial charge is 0.302 e. The van der Waals surface area contributed by atoms with Crippen LogP contribution in [0.1, 0.15) is 13.3 Å². The van der Waals surface area contributed by atoms with Crippen molar-refractivity contribution in [3.8, 4) is 0 Å². The van der Waals surface area contributed by atoms with Gasteiger partial charge in [-0.15, -0.1) is 0 Å². The molecule has 0 amide bonds. The summed E-state index contributed by atoms with van der Waals surface area (Å²) >= 11 is 10.8. The van der Waals surface area contributed by atoms with Crippen molar-refractivity contribution in [1.29, 1.82) is 0 Å². The van der Waals surface area contributed by atoms with Crippen molar-refractivity contribution in [3.63, 3.8) is 0 Å². The Morgan fingerprint density at radius 1 is 1.64 bits per heavy atom. The third-order valence-electron chi connectivity index (χ3n) is 1.44. The summed E-state index contributed by atoms with van der Waals surface area (Å²) in [6.45, 7) is 1.39. The Kier molecular flexibility index (Phi) is 2.79. The predicted molar refractivity (Wildman–Crippen MR) is 43.5 cm³/mol. The molecular weight excluding hydrogens is 187 g/mol. The second kappa shape index (κ2) is 3.46. The van der Waals surface area contributed by atoms with Crippen LogP contribution in [0.3, 0.4) is 0 Å². The average Bonchev–Trinajstić information content (AvgIpc) is 2.43. The third-order valence-corrected chi connectivity index (χ3v) is 1.69. The maximum absolute atomic E-state index is 10.4. The monoisotopic (exact) mass is 194 g/mol. The zero-order valence-corrected chi connectivity index (χ0v) is 7.52. The predicted octanol–water partition coefficient (Wildman–Crippen LogP) is 2.26. The highest BCUT2D eigenvalue weighted by Crippen LogP contribution is 2.36. The third kappa shape index (κ3) is 3.12. The average molecular weight is 195 g/mol. The van der Waals surface area contributed by atoms with E-state index in [1.165, 1.54) is 6.92 Å². The molecule has 0 N–H and O–H groups in total. The number of carbonyl (C=O) groups excluding carboxylic acids is 1. The highest BCUT2D eigenvalue weighted by molar-refractivity contribution is 6.55. The summed E-state index contributed by atoms with van der Waals surface area (Å²) in [5.74, 6) is -0.0273. The lowest BCUT2D eigenvalue weighted by Crippen LogP contribution is -2.01. The van der Waals surface area contributed by atoms with Gasteiger partial charge < -0.3 is 4.74 Å². The van der Waals surface area contributed by atoms with Gasteiger partial charge in [0.15, 0.2) is 0 Å². The number of carbonyl (C=O) groups is 1. The molecule has 1 fully saturated rings. The van der Waals surface area contributed by atoms with Crippen molar-refractivity contribution in [1.82, 2.24) is 0 Å². The molecule has 1 aliphatic rings. The molecule has 0 spiro atoms. The Morgan fingerprint density at radius 2 is 2.27 bits per heavy atom. The van der Waals surface area contributed by atoms with Gasteiger partial charge in [-0.05, 0) is 12.5 Å². The molecule has 1 saturated carbocycles. The number of hydrogen-bond acceptors (Lipinski definition) is 2. The summed E-state index contributed by atoms with van der Waals surface area (Å²) < 4.78 is 5.11. The van der Waals surface area contributed by atoms with Crippen LogP contribution in [0.2, 0.25) is 0 Å². The molecule has 0 aromatic carbocycles. The summed E-state index contributed by atoms with van der Waals surface area (Å²) in [7, 11) is 0. The van der Waals surface area contributed by atoms with Crippen molar-refractivity contribution >= 4 is 29.2 Å². The van der Waals surface area contributed by atoms with Crippen LogP contribution in [0.25, 0.3) is 0 Å². The fourth-order valence-electron chi connectivity index (χ4n) is 0.876. The van der Waals surface area contributed by atoms with E-state index in [0.29, 0.717) is 0 Å². The molecule has 0 aromatic rings. The van der Waals surface area contributed by atoms with E-state index in [4.69, 9.17) is 27.9 Å². The van der Waals surface area contributed by atoms with E-state index in [0.717, 1.165) is 6.42 Å². The zero-order chi connectivity index (χ0) is 8.43. The molecule has 0 saturated heterocycles. The lowest BCUT2D eigenvalue weighted by molar-refractivity contribution is -0.142. The number of halogens is 2. The van der Waals surface area contributed by atoms with Crippen molar-refractivity contribution < 1.29 is 9.53 Å². The fourth-order valence-corrected chi connectivity index (χ4v) is 1.20. The van der Waals surface area contributed by atoms with E-state index < -0.39 is 0 Å². The molecule has 4 heteroatoms. The number of ether oxygens (including phenoxy) is 1. The SMILES string of the molecule is CC(=O)O[C@H]1C[C@@H]1C=C(Cl)Cl. The largest absolute Gasteiger partial charge is 0.462 e. The lowest BCUT2D eigenvalue weighted by Gasteiger charge is -1.95. The Balaban J connectivity index is 2.27. The normalized spacial score (nSPS) is 27.5. The molecule has 0 aliphatic heterocycles. The molecule has 0 bridgehead atoms. The van der Waals surface area contributed by atoms with Crippen LogP contribution >= 0.6 is 23.2 Å². The standard InChI is InChI=1S/C7H8Cl2O2/c1-4(10)11-6-2-5(6)3-7(8)9/h3,5-6H,2H2,1H3/t5-,6+/m1/s1. The number of esters is 1. The summed E-state index contributed by atoms with van der Waals surface area (Å²) in [6.07, 6.45) is 2.53. The first-order valence-electron chi connectivity index (χ1n) is 3.29. The molecule has 0 aromatic heterocycles. The first-order chi connectivity index (χ1) is 5.09. The second-order valence-electron chi connectivity index (χ2n) is 2.50. The van der Waals surface area contributed by atoms with E-state index in [-0.39, 0.29) is 22.5 Å². The van der Waals surface area contributed by atoms with Gasteiger partial charge in [-0.25, -0.2) is 0 Å². The van der Waals surface area contributed by atoms with Crippen molar-refractivity contribution in [2.75, 3.05) is 0 Å². The van der Waals surface area contributed by atoms with E-state index in [1.54, 1.807) is 6.08 Å². The van der Waals surface area contributed by atoms with E-state index in [1.807, 2.05) is 0 Å². The first-order valence-corrected chi connectivity index (χ1v) is 4.05. The molecule has 2 atom stereocenters.